The van der Waals surface area contributed by atoms with Gasteiger partial charge in [-0.3, -0.25) is 4.68 Å². The molecule has 5 nitrogen and oxygen atoms in total. The van der Waals surface area contributed by atoms with Crippen LogP contribution in [-0.2, 0) is 13.0 Å². The summed E-state index contributed by atoms with van der Waals surface area (Å²) in [7, 11) is 0. The molecule has 0 amide bonds. The Kier molecular flexibility index (Phi) is 4.97. The molecule has 1 atom stereocenters. The minimum absolute atomic E-state index is 0.615. The third-order valence-electron chi connectivity index (χ3n) is 4.08. The maximum absolute atomic E-state index is 3.97. The number of aromatic nitrogens is 3. The lowest BCUT2D eigenvalue weighted by molar-refractivity contribution is 0.330. The van der Waals surface area contributed by atoms with Gasteiger partial charge in [0.15, 0.2) is 0 Å². The van der Waals surface area contributed by atoms with Crippen LogP contribution in [-0.4, -0.2) is 52.1 Å². The normalized spacial score (nSPS) is 19.1. The van der Waals surface area contributed by atoms with Crippen LogP contribution in [0.15, 0.2) is 42.7 Å². The largest absolute Gasteiger partial charge is 0.311 e. The molecule has 1 aromatic carbocycles. The van der Waals surface area contributed by atoms with E-state index in [1.54, 1.807) is 6.20 Å². The lowest BCUT2D eigenvalue weighted by atomic mass is 10.1. The first-order valence-corrected chi connectivity index (χ1v) is 7.74. The van der Waals surface area contributed by atoms with Gasteiger partial charge < -0.3 is 10.2 Å². The van der Waals surface area contributed by atoms with Crippen LogP contribution in [0, 0.1) is 0 Å². The first-order chi connectivity index (χ1) is 10.4. The average Bonchev–Trinajstić information content (AvgIpc) is 3.18. The van der Waals surface area contributed by atoms with Gasteiger partial charge >= 0.3 is 0 Å². The van der Waals surface area contributed by atoms with Crippen LogP contribution in [0.5, 0.6) is 0 Å². The van der Waals surface area contributed by atoms with Crippen molar-refractivity contribution in [1.82, 2.24) is 25.2 Å². The van der Waals surface area contributed by atoms with Crippen molar-refractivity contribution in [3.8, 4) is 0 Å². The summed E-state index contributed by atoms with van der Waals surface area (Å²) >= 11 is 0. The molecule has 2 heterocycles. The SMILES string of the molecule is c1ccc(CCN2CCC(NCCn3ccnn3)C2)cc1. The second kappa shape index (κ2) is 7.33. The zero-order valence-electron chi connectivity index (χ0n) is 12.4. The van der Waals surface area contributed by atoms with Crippen LogP contribution in [0.1, 0.15) is 12.0 Å². The van der Waals surface area contributed by atoms with Crippen molar-refractivity contribution in [2.75, 3.05) is 26.2 Å². The van der Waals surface area contributed by atoms with Crippen LogP contribution >= 0.6 is 0 Å². The van der Waals surface area contributed by atoms with Crippen molar-refractivity contribution in [3.05, 3.63) is 48.3 Å². The molecule has 5 heteroatoms. The molecule has 0 saturated carbocycles. The minimum Gasteiger partial charge on any atom is -0.311 e. The van der Waals surface area contributed by atoms with E-state index in [0.29, 0.717) is 6.04 Å². The van der Waals surface area contributed by atoms with Crippen molar-refractivity contribution < 1.29 is 0 Å². The van der Waals surface area contributed by atoms with Gasteiger partial charge in [-0.2, -0.15) is 0 Å². The Hall–Kier alpha value is -1.72. The average molecular weight is 285 g/mol. The summed E-state index contributed by atoms with van der Waals surface area (Å²) in [6.45, 7) is 5.37. The van der Waals surface area contributed by atoms with Gasteiger partial charge in [-0.15, -0.1) is 5.10 Å². The lowest BCUT2D eigenvalue weighted by Gasteiger charge is -2.16. The van der Waals surface area contributed by atoms with Gasteiger partial charge in [0.05, 0.1) is 12.7 Å². The second-order valence-electron chi connectivity index (χ2n) is 5.64. The fraction of sp³-hybridized carbons (Fsp3) is 0.500. The summed E-state index contributed by atoms with van der Waals surface area (Å²) in [5.41, 5.74) is 1.43. The molecule has 1 aromatic heterocycles. The number of hydrogen-bond acceptors (Lipinski definition) is 4. The summed E-state index contributed by atoms with van der Waals surface area (Å²) in [5.74, 6) is 0. The molecule has 1 aliphatic heterocycles. The third kappa shape index (κ3) is 4.37. The number of likely N-dealkylation sites (tertiary alicyclic amines) is 1. The Bertz CT molecular complexity index is 511. The fourth-order valence-corrected chi connectivity index (χ4v) is 2.87. The summed E-state index contributed by atoms with van der Waals surface area (Å²) in [4.78, 5) is 2.56. The third-order valence-corrected chi connectivity index (χ3v) is 4.08. The molecule has 2 aromatic rings. The first-order valence-electron chi connectivity index (χ1n) is 7.74. The molecule has 1 saturated heterocycles. The first kappa shape index (κ1) is 14.2. The second-order valence-corrected chi connectivity index (χ2v) is 5.64. The number of nitrogens with one attached hydrogen (secondary N) is 1. The van der Waals surface area contributed by atoms with Crippen LogP contribution in [0.4, 0.5) is 0 Å². The maximum atomic E-state index is 3.97. The van der Waals surface area contributed by atoms with Crippen LogP contribution in [0.2, 0.25) is 0 Å². The van der Waals surface area contributed by atoms with Gasteiger partial charge in [0.25, 0.3) is 0 Å². The molecule has 3 rings (SSSR count). The quantitative estimate of drug-likeness (QED) is 0.830. The Morgan fingerprint density at radius 1 is 1.19 bits per heavy atom. The van der Waals surface area contributed by atoms with Crippen LogP contribution in [0.3, 0.4) is 0 Å². The van der Waals surface area contributed by atoms with Crippen LogP contribution < -0.4 is 5.32 Å². The molecule has 0 spiro atoms. The highest BCUT2D eigenvalue weighted by molar-refractivity contribution is 5.14. The lowest BCUT2D eigenvalue weighted by Crippen LogP contribution is -2.35. The predicted octanol–water partition coefficient (Wildman–Crippen LogP) is 1.18. The number of rotatable bonds is 7. The minimum atomic E-state index is 0.615. The van der Waals surface area contributed by atoms with Gasteiger partial charge in [-0.05, 0) is 24.9 Å². The van der Waals surface area contributed by atoms with E-state index < -0.39 is 0 Å². The molecule has 0 radical (unpaired) electrons. The molecule has 1 unspecified atom stereocenters. The monoisotopic (exact) mass is 285 g/mol. The summed E-state index contributed by atoms with van der Waals surface area (Å²) < 4.78 is 1.87. The van der Waals surface area contributed by atoms with Gasteiger partial charge in [0.2, 0.25) is 0 Å². The highest BCUT2D eigenvalue weighted by Gasteiger charge is 2.21. The number of nitrogens with zero attached hydrogens (tertiary/aromatic N) is 4. The van der Waals surface area contributed by atoms with E-state index in [2.05, 4.69) is 50.9 Å². The Morgan fingerprint density at radius 3 is 2.90 bits per heavy atom. The van der Waals surface area contributed by atoms with E-state index in [1.807, 2.05) is 10.9 Å². The van der Waals surface area contributed by atoms with Crippen molar-refractivity contribution in [2.24, 2.45) is 0 Å². The Labute approximate surface area is 126 Å². The summed E-state index contributed by atoms with van der Waals surface area (Å²) in [6, 6.07) is 11.4. The van der Waals surface area contributed by atoms with Gasteiger partial charge in [-0.25, -0.2) is 0 Å². The van der Waals surface area contributed by atoms with Crippen molar-refractivity contribution >= 4 is 0 Å². The Balaban J connectivity index is 1.33. The summed E-state index contributed by atoms with van der Waals surface area (Å²) in [5, 5.41) is 11.4. The van der Waals surface area contributed by atoms with Crippen molar-refractivity contribution in [3.63, 3.8) is 0 Å². The number of hydrogen-bond donors (Lipinski definition) is 1. The number of benzene rings is 1. The maximum Gasteiger partial charge on any atom is 0.0692 e. The highest BCUT2D eigenvalue weighted by Crippen LogP contribution is 2.10. The van der Waals surface area contributed by atoms with Gasteiger partial charge in [-0.1, -0.05) is 35.5 Å². The molecule has 21 heavy (non-hydrogen) atoms. The zero-order chi connectivity index (χ0) is 14.3. The zero-order valence-corrected chi connectivity index (χ0v) is 12.4. The van der Waals surface area contributed by atoms with Crippen molar-refractivity contribution in [1.29, 1.82) is 0 Å². The molecule has 0 bridgehead atoms. The topological polar surface area (TPSA) is 46.0 Å². The van der Waals surface area contributed by atoms with Gasteiger partial charge in [0, 0.05) is 31.9 Å². The predicted molar refractivity (Wildman–Crippen MR) is 83.0 cm³/mol. The van der Waals surface area contributed by atoms with E-state index in [-0.39, 0.29) is 0 Å². The van der Waals surface area contributed by atoms with E-state index >= 15 is 0 Å². The molecule has 1 aliphatic rings. The fourth-order valence-electron chi connectivity index (χ4n) is 2.87. The molecule has 112 valence electrons. The Morgan fingerprint density at radius 2 is 2.10 bits per heavy atom. The van der Waals surface area contributed by atoms with E-state index in [9.17, 15) is 0 Å². The van der Waals surface area contributed by atoms with E-state index in [1.165, 1.54) is 18.5 Å². The van der Waals surface area contributed by atoms with E-state index in [4.69, 9.17) is 0 Å². The van der Waals surface area contributed by atoms with Crippen molar-refractivity contribution in [2.45, 2.75) is 25.4 Å². The molecule has 1 N–H and O–H groups in total. The van der Waals surface area contributed by atoms with Crippen LogP contribution in [0.25, 0.3) is 0 Å². The van der Waals surface area contributed by atoms with Gasteiger partial charge in [0.1, 0.15) is 0 Å². The molecule has 1 fully saturated rings. The van der Waals surface area contributed by atoms with E-state index in [0.717, 1.165) is 32.6 Å². The highest BCUT2D eigenvalue weighted by atomic mass is 15.4. The standard InChI is InChI=1S/C16H23N5/c1-2-4-15(5-3-1)6-10-20-11-7-16(14-20)17-8-12-21-13-9-18-19-21/h1-5,9,13,16-17H,6-8,10-12,14H2. The molecule has 0 aliphatic carbocycles. The molecular weight excluding hydrogens is 262 g/mol. The molecular formula is C16H23N5. The smallest absolute Gasteiger partial charge is 0.0692 e. The summed E-state index contributed by atoms with van der Waals surface area (Å²) in [6.07, 6.45) is 6.02.